The normalized spacial score (nSPS) is 17.4. The van der Waals surface area contributed by atoms with E-state index in [-0.39, 0.29) is 17.1 Å². The zero-order valence-electron chi connectivity index (χ0n) is 10.5. The van der Waals surface area contributed by atoms with Gasteiger partial charge in [-0.05, 0) is 13.0 Å². The highest BCUT2D eigenvalue weighted by molar-refractivity contribution is 6.40. The van der Waals surface area contributed by atoms with Crippen molar-refractivity contribution in [2.45, 2.75) is 6.92 Å². The van der Waals surface area contributed by atoms with E-state index in [1.807, 2.05) is 6.92 Å². The van der Waals surface area contributed by atoms with E-state index in [0.29, 0.717) is 23.4 Å². The fraction of sp³-hybridized carbons (Fsp3) is 0.133. The van der Waals surface area contributed by atoms with Crippen molar-refractivity contribution in [1.29, 1.82) is 0 Å². The zero-order chi connectivity index (χ0) is 13.4. The highest BCUT2D eigenvalue weighted by Crippen LogP contribution is 2.30. The van der Waals surface area contributed by atoms with Gasteiger partial charge in [0.15, 0.2) is 11.6 Å². The first-order chi connectivity index (χ1) is 9.24. The van der Waals surface area contributed by atoms with E-state index in [1.165, 1.54) is 0 Å². The van der Waals surface area contributed by atoms with Crippen LogP contribution in [0.4, 0.5) is 0 Å². The lowest BCUT2D eigenvalue weighted by atomic mass is 10.1. The Morgan fingerprint density at radius 1 is 1.11 bits per heavy atom. The standard InChI is InChI=1S/C15H12N2O2/c1-2-17-9-16-8-7-12(17)13-14(18)10-5-3-4-6-11(10)15(13)19/h3-9H,2H2,1H3. The van der Waals surface area contributed by atoms with Crippen molar-refractivity contribution < 1.29 is 9.59 Å². The summed E-state index contributed by atoms with van der Waals surface area (Å²) in [7, 11) is 0. The SMILES string of the molecule is CCN1C=NC=CC1=C1C(=O)c2ccccc2C1=O. The molecule has 1 aliphatic carbocycles. The molecule has 0 radical (unpaired) electrons. The molecule has 0 saturated heterocycles. The quantitative estimate of drug-likeness (QED) is 0.568. The number of nitrogens with zero attached hydrogens (tertiary/aromatic N) is 2. The second-order valence-corrected chi connectivity index (χ2v) is 4.33. The second-order valence-electron chi connectivity index (χ2n) is 4.33. The number of ketones is 2. The summed E-state index contributed by atoms with van der Waals surface area (Å²) in [5.74, 6) is -0.400. The molecule has 0 amide bonds. The van der Waals surface area contributed by atoms with E-state index < -0.39 is 0 Å². The molecule has 0 aromatic heterocycles. The number of carbonyl (C=O) groups excluding carboxylic acids is 2. The summed E-state index contributed by atoms with van der Waals surface area (Å²) in [6, 6.07) is 6.93. The average molecular weight is 252 g/mol. The molecule has 0 bridgehead atoms. The Morgan fingerprint density at radius 3 is 2.32 bits per heavy atom. The van der Waals surface area contributed by atoms with Gasteiger partial charge in [0.2, 0.25) is 0 Å². The van der Waals surface area contributed by atoms with E-state index in [1.54, 1.807) is 47.8 Å². The van der Waals surface area contributed by atoms with Crippen LogP contribution in [0.3, 0.4) is 0 Å². The Labute approximate surface area is 110 Å². The van der Waals surface area contributed by atoms with Crippen LogP contribution in [0.25, 0.3) is 0 Å². The highest BCUT2D eigenvalue weighted by atomic mass is 16.2. The van der Waals surface area contributed by atoms with E-state index in [0.717, 1.165) is 0 Å². The van der Waals surface area contributed by atoms with Crippen molar-refractivity contribution in [3.63, 3.8) is 0 Å². The van der Waals surface area contributed by atoms with Crippen LogP contribution in [0.5, 0.6) is 0 Å². The van der Waals surface area contributed by atoms with Gasteiger partial charge in [-0.3, -0.25) is 9.59 Å². The average Bonchev–Trinajstić information content (AvgIpc) is 2.71. The van der Waals surface area contributed by atoms with Crippen molar-refractivity contribution >= 4 is 17.9 Å². The Bertz CT molecular complexity index is 631. The molecule has 2 aliphatic rings. The topological polar surface area (TPSA) is 49.7 Å². The van der Waals surface area contributed by atoms with Crippen molar-refractivity contribution in [2.24, 2.45) is 4.99 Å². The Hall–Kier alpha value is -2.49. The Kier molecular flexibility index (Phi) is 2.63. The third-order valence-corrected chi connectivity index (χ3v) is 3.30. The van der Waals surface area contributed by atoms with Crippen LogP contribution in [-0.4, -0.2) is 29.3 Å². The van der Waals surface area contributed by atoms with Gasteiger partial charge in [0.25, 0.3) is 0 Å². The van der Waals surface area contributed by atoms with Gasteiger partial charge in [0.05, 0.1) is 17.6 Å². The number of Topliss-reactive ketones (excluding diaryl/α,β-unsaturated/α-hetero) is 2. The molecule has 1 aromatic carbocycles. The number of allylic oxidation sites excluding steroid dienone is 2. The lowest BCUT2D eigenvalue weighted by molar-refractivity contribution is 0.0985. The number of likely N-dealkylation sites (N-methyl/N-ethyl adjacent to an activating group) is 1. The molecule has 1 aromatic rings. The number of rotatable bonds is 1. The Morgan fingerprint density at radius 2 is 1.74 bits per heavy atom. The zero-order valence-corrected chi connectivity index (χ0v) is 10.5. The lowest BCUT2D eigenvalue weighted by Crippen LogP contribution is -2.25. The van der Waals surface area contributed by atoms with Gasteiger partial charge in [-0.1, -0.05) is 24.3 Å². The summed E-state index contributed by atoms with van der Waals surface area (Å²) in [6.07, 6.45) is 4.93. The van der Waals surface area contributed by atoms with Gasteiger partial charge in [-0.2, -0.15) is 0 Å². The van der Waals surface area contributed by atoms with E-state index in [9.17, 15) is 9.59 Å². The molecular formula is C15H12N2O2. The molecule has 3 rings (SSSR count). The van der Waals surface area contributed by atoms with Crippen LogP contribution in [0.2, 0.25) is 0 Å². The van der Waals surface area contributed by atoms with E-state index >= 15 is 0 Å². The smallest absolute Gasteiger partial charge is 0.199 e. The highest BCUT2D eigenvalue weighted by Gasteiger charge is 2.36. The summed E-state index contributed by atoms with van der Waals surface area (Å²) >= 11 is 0. The van der Waals surface area contributed by atoms with Crippen molar-refractivity contribution in [2.75, 3.05) is 6.54 Å². The summed E-state index contributed by atoms with van der Waals surface area (Å²) in [4.78, 5) is 30.6. The predicted molar refractivity (Wildman–Crippen MR) is 72.1 cm³/mol. The molecule has 1 aliphatic heterocycles. The number of hydrogen-bond acceptors (Lipinski definition) is 4. The first kappa shape index (κ1) is 11.6. The largest absolute Gasteiger partial charge is 0.332 e. The van der Waals surface area contributed by atoms with Crippen LogP contribution in [0.1, 0.15) is 27.6 Å². The molecule has 0 atom stereocenters. The van der Waals surface area contributed by atoms with Gasteiger partial charge in [0, 0.05) is 23.9 Å². The fourth-order valence-electron chi connectivity index (χ4n) is 2.35. The summed E-state index contributed by atoms with van der Waals surface area (Å²) < 4.78 is 0. The molecule has 0 spiro atoms. The van der Waals surface area contributed by atoms with Crippen molar-refractivity contribution in [3.8, 4) is 0 Å². The number of aliphatic imine (C=N–C) groups is 1. The van der Waals surface area contributed by atoms with E-state index in [4.69, 9.17) is 0 Å². The van der Waals surface area contributed by atoms with Gasteiger partial charge >= 0.3 is 0 Å². The number of fused-ring (bicyclic) bond motifs is 1. The minimum Gasteiger partial charge on any atom is -0.332 e. The third-order valence-electron chi connectivity index (χ3n) is 3.30. The first-order valence-electron chi connectivity index (χ1n) is 6.13. The van der Waals surface area contributed by atoms with Crippen molar-refractivity contribution in [3.05, 3.63) is 58.9 Å². The summed E-state index contributed by atoms with van der Waals surface area (Å²) in [5.41, 5.74) is 1.85. The van der Waals surface area contributed by atoms with Crippen LogP contribution < -0.4 is 0 Å². The van der Waals surface area contributed by atoms with Crippen LogP contribution in [0.15, 0.2) is 52.8 Å². The summed E-state index contributed by atoms with van der Waals surface area (Å²) in [5, 5.41) is 0. The van der Waals surface area contributed by atoms with Gasteiger partial charge in [-0.15, -0.1) is 0 Å². The first-order valence-corrected chi connectivity index (χ1v) is 6.13. The second kappa shape index (κ2) is 4.31. The number of hydrogen-bond donors (Lipinski definition) is 0. The van der Waals surface area contributed by atoms with Gasteiger partial charge < -0.3 is 4.90 Å². The molecule has 0 unspecified atom stereocenters. The maximum atomic E-state index is 12.4. The maximum absolute atomic E-state index is 12.4. The predicted octanol–water partition coefficient (Wildman–Crippen LogP) is 2.20. The molecular weight excluding hydrogens is 240 g/mol. The number of benzene rings is 1. The molecule has 0 saturated carbocycles. The molecule has 94 valence electrons. The Balaban J connectivity index is 2.19. The monoisotopic (exact) mass is 252 g/mol. The van der Waals surface area contributed by atoms with Gasteiger partial charge in [-0.25, -0.2) is 4.99 Å². The fourth-order valence-corrected chi connectivity index (χ4v) is 2.35. The molecule has 0 N–H and O–H groups in total. The molecule has 1 heterocycles. The molecule has 4 nitrogen and oxygen atoms in total. The molecule has 4 heteroatoms. The minimum absolute atomic E-state index is 0.200. The molecule has 19 heavy (non-hydrogen) atoms. The van der Waals surface area contributed by atoms with Crippen LogP contribution in [-0.2, 0) is 0 Å². The number of carbonyl (C=O) groups is 2. The van der Waals surface area contributed by atoms with E-state index in [2.05, 4.69) is 4.99 Å². The summed E-state index contributed by atoms with van der Waals surface area (Å²) in [6.45, 7) is 2.60. The van der Waals surface area contributed by atoms with Gasteiger partial charge in [0.1, 0.15) is 0 Å². The van der Waals surface area contributed by atoms with Crippen LogP contribution >= 0.6 is 0 Å². The maximum Gasteiger partial charge on any atom is 0.199 e. The molecule has 0 fully saturated rings. The van der Waals surface area contributed by atoms with Crippen LogP contribution in [0, 0.1) is 0 Å². The minimum atomic E-state index is -0.200. The lowest BCUT2D eigenvalue weighted by Gasteiger charge is -2.21. The third kappa shape index (κ3) is 1.64. The van der Waals surface area contributed by atoms with Crippen molar-refractivity contribution in [1.82, 2.24) is 4.90 Å².